The van der Waals surface area contributed by atoms with Crippen molar-refractivity contribution >= 4 is 17.3 Å². The van der Waals surface area contributed by atoms with E-state index in [0.29, 0.717) is 11.6 Å². The number of benzene rings is 2. The molecule has 2 N–H and O–H groups in total. The fourth-order valence-electron chi connectivity index (χ4n) is 2.04. The monoisotopic (exact) mass is 305 g/mol. The van der Waals surface area contributed by atoms with Crippen LogP contribution in [0.2, 0.25) is 5.02 Å². The SMILES string of the molecule is Cc1ccc(OCC(O)CNc2cccc(Cl)c2)c(C)c1. The third-order valence-corrected chi connectivity index (χ3v) is 3.36. The van der Waals surface area contributed by atoms with Gasteiger partial charge in [0.25, 0.3) is 0 Å². The smallest absolute Gasteiger partial charge is 0.122 e. The second-order valence-corrected chi connectivity index (χ2v) is 5.56. The van der Waals surface area contributed by atoms with E-state index in [1.165, 1.54) is 5.56 Å². The van der Waals surface area contributed by atoms with Crippen molar-refractivity contribution in [3.63, 3.8) is 0 Å². The Kier molecular flexibility index (Phi) is 5.48. The molecule has 0 heterocycles. The highest BCUT2D eigenvalue weighted by Crippen LogP contribution is 2.19. The highest BCUT2D eigenvalue weighted by molar-refractivity contribution is 6.30. The first-order valence-corrected chi connectivity index (χ1v) is 7.30. The minimum Gasteiger partial charge on any atom is -0.491 e. The predicted octanol–water partition coefficient (Wildman–Crippen LogP) is 3.81. The second kappa shape index (κ2) is 7.34. The Labute approximate surface area is 130 Å². The number of hydrogen-bond donors (Lipinski definition) is 2. The van der Waals surface area contributed by atoms with E-state index in [-0.39, 0.29) is 6.61 Å². The molecule has 0 aromatic heterocycles. The lowest BCUT2D eigenvalue weighted by Crippen LogP contribution is -2.26. The lowest BCUT2D eigenvalue weighted by Gasteiger charge is -2.15. The van der Waals surface area contributed by atoms with E-state index in [9.17, 15) is 5.11 Å². The van der Waals surface area contributed by atoms with Gasteiger partial charge in [-0.15, -0.1) is 0 Å². The molecule has 1 atom stereocenters. The summed E-state index contributed by atoms with van der Waals surface area (Å²) in [4.78, 5) is 0. The third-order valence-electron chi connectivity index (χ3n) is 3.13. The number of ether oxygens (including phenoxy) is 1. The van der Waals surface area contributed by atoms with Gasteiger partial charge in [0.2, 0.25) is 0 Å². The largest absolute Gasteiger partial charge is 0.491 e. The quantitative estimate of drug-likeness (QED) is 0.853. The molecule has 1 unspecified atom stereocenters. The molecule has 0 aliphatic rings. The van der Waals surface area contributed by atoms with Crippen LogP contribution in [0.1, 0.15) is 11.1 Å². The molecule has 0 spiro atoms. The molecular weight excluding hydrogens is 286 g/mol. The first-order valence-electron chi connectivity index (χ1n) is 6.92. The van der Waals surface area contributed by atoms with Crippen molar-refractivity contribution in [2.75, 3.05) is 18.5 Å². The topological polar surface area (TPSA) is 41.5 Å². The van der Waals surface area contributed by atoms with Crippen LogP contribution in [0.25, 0.3) is 0 Å². The van der Waals surface area contributed by atoms with Crippen molar-refractivity contribution in [1.29, 1.82) is 0 Å². The molecule has 0 saturated heterocycles. The maximum Gasteiger partial charge on any atom is 0.122 e. The van der Waals surface area contributed by atoms with E-state index in [1.54, 1.807) is 0 Å². The Morgan fingerprint density at radius 1 is 1.19 bits per heavy atom. The zero-order valence-electron chi connectivity index (χ0n) is 12.3. The maximum absolute atomic E-state index is 9.97. The molecule has 0 radical (unpaired) electrons. The van der Waals surface area contributed by atoms with E-state index >= 15 is 0 Å². The Morgan fingerprint density at radius 3 is 2.71 bits per heavy atom. The van der Waals surface area contributed by atoms with Gasteiger partial charge in [-0.05, 0) is 43.7 Å². The molecular formula is C17H20ClNO2. The Hall–Kier alpha value is -1.71. The molecule has 0 aliphatic carbocycles. The van der Waals surface area contributed by atoms with E-state index in [0.717, 1.165) is 17.0 Å². The highest BCUT2D eigenvalue weighted by atomic mass is 35.5. The fraction of sp³-hybridized carbons (Fsp3) is 0.294. The molecule has 2 aromatic rings. The van der Waals surface area contributed by atoms with Crippen molar-refractivity contribution in [2.45, 2.75) is 20.0 Å². The number of halogens is 1. The van der Waals surface area contributed by atoms with Gasteiger partial charge in [0, 0.05) is 17.3 Å². The molecule has 0 fully saturated rings. The van der Waals surface area contributed by atoms with Gasteiger partial charge in [-0.1, -0.05) is 35.4 Å². The van der Waals surface area contributed by atoms with Crippen LogP contribution < -0.4 is 10.1 Å². The van der Waals surface area contributed by atoms with Gasteiger partial charge in [0.05, 0.1) is 0 Å². The zero-order chi connectivity index (χ0) is 15.2. The van der Waals surface area contributed by atoms with Crippen molar-refractivity contribution < 1.29 is 9.84 Å². The summed E-state index contributed by atoms with van der Waals surface area (Å²) in [6.07, 6.45) is -0.593. The molecule has 0 amide bonds. The Bertz CT molecular complexity index is 601. The predicted molar refractivity (Wildman–Crippen MR) is 87.4 cm³/mol. The van der Waals surface area contributed by atoms with E-state index < -0.39 is 6.10 Å². The zero-order valence-corrected chi connectivity index (χ0v) is 13.0. The number of nitrogens with one attached hydrogen (secondary N) is 1. The van der Waals surface area contributed by atoms with Crippen LogP contribution in [0, 0.1) is 13.8 Å². The van der Waals surface area contributed by atoms with Gasteiger partial charge >= 0.3 is 0 Å². The first kappa shape index (κ1) is 15.7. The molecule has 3 nitrogen and oxygen atoms in total. The van der Waals surface area contributed by atoms with Crippen LogP contribution in [0.5, 0.6) is 5.75 Å². The molecule has 2 rings (SSSR count). The summed E-state index contributed by atoms with van der Waals surface area (Å²) in [5.41, 5.74) is 3.15. The van der Waals surface area contributed by atoms with Gasteiger partial charge in [-0.3, -0.25) is 0 Å². The maximum atomic E-state index is 9.97. The standard InChI is InChI=1S/C17H20ClNO2/c1-12-6-7-17(13(2)8-12)21-11-16(20)10-19-15-5-3-4-14(18)9-15/h3-9,16,19-20H,10-11H2,1-2H3. The summed E-state index contributed by atoms with van der Waals surface area (Å²) in [6, 6.07) is 13.4. The third kappa shape index (κ3) is 4.96. The fourth-order valence-corrected chi connectivity index (χ4v) is 2.23. The number of rotatable bonds is 6. The molecule has 0 aliphatic heterocycles. The molecule has 21 heavy (non-hydrogen) atoms. The van der Waals surface area contributed by atoms with Crippen LogP contribution in [0.3, 0.4) is 0 Å². The van der Waals surface area contributed by atoms with Crippen LogP contribution >= 0.6 is 11.6 Å². The lowest BCUT2D eigenvalue weighted by atomic mass is 10.1. The summed E-state index contributed by atoms with van der Waals surface area (Å²) >= 11 is 5.90. The number of aliphatic hydroxyl groups excluding tert-OH is 1. The van der Waals surface area contributed by atoms with Gasteiger partial charge in [-0.25, -0.2) is 0 Å². The average Bonchev–Trinajstić information content (AvgIpc) is 2.44. The van der Waals surface area contributed by atoms with Crippen LogP contribution in [0.15, 0.2) is 42.5 Å². The minimum absolute atomic E-state index is 0.247. The summed E-state index contributed by atoms with van der Waals surface area (Å²) < 4.78 is 5.65. The average molecular weight is 306 g/mol. The number of hydrogen-bond acceptors (Lipinski definition) is 3. The molecule has 112 valence electrons. The summed E-state index contributed by atoms with van der Waals surface area (Å²) in [5.74, 6) is 0.808. The lowest BCUT2D eigenvalue weighted by molar-refractivity contribution is 0.117. The minimum atomic E-state index is -0.593. The van der Waals surface area contributed by atoms with Gasteiger partial charge in [0.15, 0.2) is 0 Å². The number of aliphatic hydroxyl groups is 1. The van der Waals surface area contributed by atoms with E-state index in [1.807, 2.05) is 50.2 Å². The molecule has 4 heteroatoms. The summed E-state index contributed by atoms with van der Waals surface area (Å²) in [5, 5.41) is 13.8. The summed E-state index contributed by atoms with van der Waals surface area (Å²) in [7, 11) is 0. The second-order valence-electron chi connectivity index (χ2n) is 5.13. The number of aryl methyl sites for hydroxylation is 2. The first-order chi connectivity index (χ1) is 10.0. The van der Waals surface area contributed by atoms with Crippen LogP contribution in [0.4, 0.5) is 5.69 Å². The Morgan fingerprint density at radius 2 is 2.00 bits per heavy atom. The van der Waals surface area contributed by atoms with Crippen LogP contribution in [-0.2, 0) is 0 Å². The summed E-state index contributed by atoms with van der Waals surface area (Å²) in [6.45, 7) is 4.70. The highest BCUT2D eigenvalue weighted by Gasteiger charge is 2.07. The van der Waals surface area contributed by atoms with Crippen molar-refractivity contribution in [3.8, 4) is 5.75 Å². The number of anilines is 1. The van der Waals surface area contributed by atoms with Crippen molar-refractivity contribution in [2.24, 2.45) is 0 Å². The van der Waals surface area contributed by atoms with Gasteiger partial charge in [0.1, 0.15) is 18.5 Å². The molecule has 0 saturated carbocycles. The van der Waals surface area contributed by atoms with Gasteiger partial charge in [-0.2, -0.15) is 0 Å². The molecule has 0 bridgehead atoms. The normalized spacial score (nSPS) is 12.0. The van der Waals surface area contributed by atoms with Crippen molar-refractivity contribution in [1.82, 2.24) is 0 Å². The van der Waals surface area contributed by atoms with Gasteiger partial charge < -0.3 is 15.2 Å². The van der Waals surface area contributed by atoms with E-state index in [2.05, 4.69) is 11.4 Å². The Balaban J connectivity index is 1.80. The van der Waals surface area contributed by atoms with Crippen LogP contribution in [-0.4, -0.2) is 24.4 Å². The van der Waals surface area contributed by atoms with E-state index in [4.69, 9.17) is 16.3 Å². The molecule has 2 aromatic carbocycles. The van der Waals surface area contributed by atoms with Crippen molar-refractivity contribution in [3.05, 3.63) is 58.6 Å².